The van der Waals surface area contributed by atoms with Crippen molar-refractivity contribution in [2.45, 2.75) is 26.2 Å². The first-order valence-corrected chi connectivity index (χ1v) is 6.26. The van der Waals surface area contributed by atoms with Gasteiger partial charge in [0.2, 0.25) is 0 Å². The Balaban J connectivity index is 3.05. The van der Waals surface area contributed by atoms with Crippen molar-refractivity contribution < 1.29 is 27.8 Å². The average Bonchev–Trinajstić information content (AvgIpc) is 2.39. The summed E-state index contributed by atoms with van der Waals surface area (Å²) in [5.41, 5.74) is -0.212. The first kappa shape index (κ1) is 16.1. The van der Waals surface area contributed by atoms with Gasteiger partial charge < -0.3 is 9.47 Å². The molecule has 0 aliphatic rings. The van der Waals surface area contributed by atoms with Crippen molar-refractivity contribution in [1.29, 1.82) is 0 Å². The van der Waals surface area contributed by atoms with Gasteiger partial charge >= 0.3 is 11.9 Å². The Labute approximate surface area is 115 Å². The van der Waals surface area contributed by atoms with Crippen molar-refractivity contribution in [2.75, 3.05) is 13.2 Å². The molecule has 6 heteroatoms. The lowest BCUT2D eigenvalue weighted by Crippen LogP contribution is -2.21. The molecule has 1 aromatic rings. The molecule has 0 aliphatic carbocycles. The Morgan fingerprint density at radius 2 is 1.80 bits per heavy atom. The first-order valence-electron chi connectivity index (χ1n) is 6.26. The van der Waals surface area contributed by atoms with Crippen LogP contribution in [0.2, 0.25) is 0 Å². The number of carbonyl (C=O) groups excluding carboxylic acids is 2. The Bertz CT molecular complexity index is 488. The van der Waals surface area contributed by atoms with Gasteiger partial charge in [-0.25, -0.2) is 8.78 Å². The van der Waals surface area contributed by atoms with E-state index in [9.17, 15) is 18.4 Å². The molecule has 0 spiro atoms. The van der Waals surface area contributed by atoms with Crippen molar-refractivity contribution in [3.8, 4) is 0 Å². The summed E-state index contributed by atoms with van der Waals surface area (Å²) < 4.78 is 36.5. The molecule has 0 saturated carbocycles. The molecule has 0 heterocycles. The molecule has 1 atom stereocenters. The largest absolute Gasteiger partial charge is 0.466 e. The molecule has 0 amide bonds. The van der Waals surface area contributed by atoms with E-state index in [4.69, 9.17) is 9.47 Å². The predicted molar refractivity (Wildman–Crippen MR) is 67.0 cm³/mol. The van der Waals surface area contributed by atoms with Gasteiger partial charge in [-0.1, -0.05) is 0 Å². The van der Waals surface area contributed by atoms with Gasteiger partial charge in [-0.15, -0.1) is 0 Å². The number of hydrogen-bond donors (Lipinski definition) is 0. The van der Waals surface area contributed by atoms with E-state index in [1.165, 1.54) is 0 Å². The lowest BCUT2D eigenvalue weighted by molar-refractivity contribution is -0.151. The van der Waals surface area contributed by atoms with Crippen LogP contribution in [0.4, 0.5) is 8.78 Å². The molecule has 0 fully saturated rings. The number of carbonyl (C=O) groups is 2. The Morgan fingerprint density at radius 3 is 2.40 bits per heavy atom. The van der Waals surface area contributed by atoms with Gasteiger partial charge in [0, 0.05) is 5.56 Å². The van der Waals surface area contributed by atoms with Gasteiger partial charge in [0.05, 0.1) is 25.6 Å². The molecule has 110 valence electrons. The van der Waals surface area contributed by atoms with E-state index in [1.54, 1.807) is 13.8 Å². The summed E-state index contributed by atoms with van der Waals surface area (Å²) in [6.07, 6.45) is -0.396. The zero-order valence-corrected chi connectivity index (χ0v) is 11.3. The molecule has 0 saturated heterocycles. The van der Waals surface area contributed by atoms with E-state index in [-0.39, 0.29) is 18.8 Å². The van der Waals surface area contributed by atoms with E-state index in [0.29, 0.717) is 0 Å². The summed E-state index contributed by atoms with van der Waals surface area (Å²) in [6, 6.07) is 2.73. The quantitative estimate of drug-likeness (QED) is 0.754. The van der Waals surface area contributed by atoms with Gasteiger partial charge in [-0.3, -0.25) is 9.59 Å². The van der Waals surface area contributed by atoms with E-state index in [0.717, 1.165) is 18.2 Å². The molecule has 0 aromatic heterocycles. The van der Waals surface area contributed by atoms with Gasteiger partial charge in [-0.2, -0.15) is 0 Å². The van der Waals surface area contributed by atoms with E-state index in [1.807, 2.05) is 0 Å². The number of rotatable bonds is 6. The third-order valence-corrected chi connectivity index (χ3v) is 2.58. The predicted octanol–water partition coefficient (Wildman–Crippen LogP) is 2.56. The number of halogens is 2. The smallest absolute Gasteiger partial charge is 0.314 e. The Kier molecular flexibility index (Phi) is 6.09. The minimum absolute atomic E-state index is 0.0785. The van der Waals surface area contributed by atoms with Gasteiger partial charge in [0.15, 0.2) is 0 Å². The van der Waals surface area contributed by atoms with Crippen LogP contribution in [0, 0.1) is 11.6 Å². The number of hydrogen-bond acceptors (Lipinski definition) is 4. The molecular weight excluding hydrogens is 270 g/mol. The van der Waals surface area contributed by atoms with E-state index < -0.39 is 35.9 Å². The second-order valence-electron chi connectivity index (χ2n) is 3.98. The van der Waals surface area contributed by atoms with Gasteiger partial charge in [-0.05, 0) is 32.0 Å². The molecular formula is C14H16F2O4. The lowest BCUT2D eigenvalue weighted by Gasteiger charge is -2.16. The zero-order chi connectivity index (χ0) is 15.1. The molecule has 0 radical (unpaired) electrons. The molecule has 0 aliphatic heterocycles. The first-order chi connectivity index (χ1) is 9.49. The molecule has 1 rings (SSSR count). The van der Waals surface area contributed by atoms with Crippen molar-refractivity contribution >= 4 is 11.9 Å². The molecule has 0 N–H and O–H groups in total. The normalized spacial score (nSPS) is 11.8. The standard InChI is InChI=1S/C14H16F2O4/c1-3-19-13(17)8-11(14(18)20-4-2)10-7-9(15)5-6-12(10)16/h5-7,11H,3-4,8H2,1-2H3. The second kappa shape index (κ2) is 7.57. The van der Waals surface area contributed by atoms with E-state index >= 15 is 0 Å². The fourth-order valence-electron chi connectivity index (χ4n) is 1.73. The Hall–Kier alpha value is -1.98. The second-order valence-corrected chi connectivity index (χ2v) is 3.98. The summed E-state index contributed by atoms with van der Waals surface area (Å²) in [4.78, 5) is 23.3. The fraction of sp³-hybridized carbons (Fsp3) is 0.429. The van der Waals surface area contributed by atoms with Crippen LogP contribution in [0.3, 0.4) is 0 Å². The van der Waals surface area contributed by atoms with Crippen LogP contribution in [0.1, 0.15) is 31.7 Å². The fourth-order valence-corrected chi connectivity index (χ4v) is 1.73. The van der Waals surface area contributed by atoms with Crippen LogP contribution in [-0.4, -0.2) is 25.2 Å². The highest BCUT2D eigenvalue weighted by atomic mass is 19.1. The summed E-state index contributed by atoms with van der Waals surface area (Å²) in [7, 11) is 0. The van der Waals surface area contributed by atoms with Crippen LogP contribution < -0.4 is 0 Å². The monoisotopic (exact) mass is 286 g/mol. The highest BCUT2D eigenvalue weighted by molar-refractivity contribution is 5.84. The summed E-state index contributed by atoms with van der Waals surface area (Å²) in [5, 5.41) is 0. The highest BCUT2D eigenvalue weighted by Gasteiger charge is 2.28. The maximum Gasteiger partial charge on any atom is 0.314 e. The summed E-state index contributed by atoms with van der Waals surface area (Å²) in [5.74, 6) is -4.14. The van der Waals surface area contributed by atoms with E-state index in [2.05, 4.69) is 0 Å². The van der Waals surface area contributed by atoms with Crippen molar-refractivity contribution in [3.05, 3.63) is 35.4 Å². The van der Waals surface area contributed by atoms with Crippen LogP contribution >= 0.6 is 0 Å². The van der Waals surface area contributed by atoms with Gasteiger partial charge in [0.1, 0.15) is 11.6 Å². The minimum Gasteiger partial charge on any atom is -0.466 e. The summed E-state index contributed by atoms with van der Waals surface area (Å²) >= 11 is 0. The SMILES string of the molecule is CCOC(=O)CC(C(=O)OCC)c1cc(F)ccc1F. The third-order valence-electron chi connectivity index (χ3n) is 2.58. The average molecular weight is 286 g/mol. The molecule has 0 bridgehead atoms. The zero-order valence-electron chi connectivity index (χ0n) is 11.3. The van der Waals surface area contributed by atoms with Crippen LogP contribution in [0.25, 0.3) is 0 Å². The number of ether oxygens (including phenoxy) is 2. The Morgan fingerprint density at radius 1 is 1.15 bits per heavy atom. The molecule has 1 aromatic carbocycles. The van der Waals surface area contributed by atoms with Crippen LogP contribution in [-0.2, 0) is 19.1 Å². The highest BCUT2D eigenvalue weighted by Crippen LogP contribution is 2.25. The number of esters is 2. The lowest BCUT2D eigenvalue weighted by atomic mass is 9.95. The van der Waals surface area contributed by atoms with Crippen LogP contribution in [0.15, 0.2) is 18.2 Å². The van der Waals surface area contributed by atoms with Crippen LogP contribution in [0.5, 0.6) is 0 Å². The maximum absolute atomic E-state index is 13.7. The topological polar surface area (TPSA) is 52.6 Å². The van der Waals surface area contributed by atoms with Crippen molar-refractivity contribution in [1.82, 2.24) is 0 Å². The molecule has 4 nitrogen and oxygen atoms in total. The van der Waals surface area contributed by atoms with Gasteiger partial charge in [0.25, 0.3) is 0 Å². The molecule has 1 unspecified atom stereocenters. The minimum atomic E-state index is -1.22. The number of benzene rings is 1. The van der Waals surface area contributed by atoms with Crippen molar-refractivity contribution in [2.24, 2.45) is 0 Å². The third kappa shape index (κ3) is 4.29. The molecule has 20 heavy (non-hydrogen) atoms. The maximum atomic E-state index is 13.7. The summed E-state index contributed by atoms with van der Waals surface area (Å²) in [6.45, 7) is 3.41. The van der Waals surface area contributed by atoms with Crippen molar-refractivity contribution in [3.63, 3.8) is 0 Å².